The largest absolute Gasteiger partial charge is 0.416 e. The third kappa shape index (κ3) is 2.52. The average Bonchev–Trinajstić information content (AvgIpc) is 3.51. The van der Waals surface area contributed by atoms with Crippen LogP contribution in [0.15, 0.2) is 58.1 Å². The molecule has 7 aromatic rings. The van der Waals surface area contributed by atoms with Gasteiger partial charge in [-0.2, -0.15) is 26.3 Å². The molecule has 4 aromatic heterocycles. The van der Waals surface area contributed by atoms with Gasteiger partial charge in [-0.25, -0.2) is 9.97 Å². The molecule has 0 aliphatic heterocycles. The van der Waals surface area contributed by atoms with E-state index in [4.69, 9.17) is 0 Å². The molecule has 0 radical (unpaired) electrons. The number of benzene rings is 3. The highest BCUT2D eigenvalue weighted by molar-refractivity contribution is 6.11. The first kappa shape index (κ1) is 20.9. The van der Waals surface area contributed by atoms with Gasteiger partial charge < -0.3 is 0 Å². The molecule has 0 unspecified atom stereocenters. The van der Waals surface area contributed by atoms with Crippen LogP contribution in [0.5, 0.6) is 0 Å². The summed E-state index contributed by atoms with van der Waals surface area (Å²) in [7, 11) is 0. The Balaban J connectivity index is 1.59. The van der Waals surface area contributed by atoms with E-state index >= 15 is 0 Å². The fraction of sp³-hybridized carbons (Fsp3) is 0.0833. The van der Waals surface area contributed by atoms with Gasteiger partial charge >= 0.3 is 12.4 Å². The van der Waals surface area contributed by atoms with Gasteiger partial charge in [-0.15, -0.1) is 0 Å². The van der Waals surface area contributed by atoms with Crippen LogP contribution in [0.25, 0.3) is 54.9 Å². The Bertz CT molecular complexity index is 2020. The minimum atomic E-state index is -4.62. The minimum Gasteiger partial charge on any atom is -0.268 e. The normalized spacial score (nSPS) is 13.5. The molecule has 6 nitrogen and oxygen atoms in total. The second-order valence-corrected chi connectivity index (χ2v) is 8.50. The van der Waals surface area contributed by atoms with Crippen molar-refractivity contribution < 1.29 is 26.3 Å². The lowest BCUT2D eigenvalue weighted by Crippen LogP contribution is -2.08. The van der Waals surface area contributed by atoms with Crippen molar-refractivity contribution in [3.8, 4) is 0 Å². The van der Waals surface area contributed by atoms with Crippen LogP contribution in [0.4, 0.5) is 26.3 Å². The van der Waals surface area contributed by atoms with Crippen molar-refractivity contribution >= 4 is 54.9 Å². The van der Waals surface area contributed by atoms with Crippen molar-refractivity contribution in [2.45, 2.75) is 12.4 Å². The van der Waals surface area contributed by atoms with E-state index in [0.717, 1.165) is 45.2 Å². The molecule has 0 bridgehead atoms. The molecule has 4 heterocycles. The smallest absolute Gasteiger partial charge is 0.268 e. The quantitative estimate of drug-likeness (QED) is 0.269. The number of hydrogen-bond donors (Lipinski definition) is 0. The second kappa shape index (κ2) is 6.20. The molecular weight excluding hydrogens is 490 g/mol. The number of rotatable bonds is 0. The zero-order valence-corrected chi connectivity index (χ0v) is 17.5. The number of imidazole rings is 2. The van der Waals surface area contributed by atoms with Crippen molar-refractivity contribution in [3.05, 3.63) is 80.4 Å². The summed E-state index contributed by atoms with van der Waals surface area (Å²) < 4.78 is 81.5. The molecule has 0 N–H and O–H groups in total. The Hall–Kier alpha value is -4.48. The van der Waals surface area contributed by atoms with E-state index in [9.17, 15) is 35.9 Å². The maximum Gasteiger partial charge on any atom is 0.416 e. The molecule has 0 amide bonds. The van der Waals surface area contributed by atoms with Crippen LogP contribution in [0, 0.1) is 0 Å². The van der Waals surface area contributed by atoms with E-state index in [0.29, 0.717) is 0 Å². The maximum absolute atomic E-state index is 13.2. The summed E-state index contributed by atoms with van der Waals surface area (Å²) in [6.45, 7) is 0. The van der Waals surface area contributed by atoms with Gasteiger partial charge in [0.25, 0.3) is 11.1 Å². The van der Waals surface area contributed by atoms with Gasteiger partial charge in [0.15, 0.2) is 0 Å². The van der Waals surface area contributed by atoms with Crippen LogP contribution in [0.3, 0.4) is 0 Å². The number of fused-ring (bicyclic) bond motifs is 10. The second-order valence-electron chi connectivity index (χ2n) is 8.50. The molecule has 0 aliphatic rings. The van der Waals surface area contributed by atoms with E-state index in [-0.39, 0.29) is 54.9 Å². The first-order chi connectivity index (χ1) is 16.9. The summed E-state index contributed by atoms with van der Waals surface area (Å²) in [5, 5.41) is 0.672. The van der Waals surface area contributed by atoms with Gasteiger partial charge in [-0.3, -0.25) is 18.4 Å². The Kier molecular flexibility index (Phi) is 3.59. The number of aromatic nitrogens is 4. The summed E-state index contributed by atoms with van der Waals surface area (Å²) in [5.74, 6) is 0. The van der Waals surface area contributed by atoms with Crippen LogP contribution in [0.1, 0.15) is 11.1 Å². The van der Waals surface area contributed by atoms with Crippen LogP contribution < -0.4 is 11.1 Å². The highest BCUT2D eigenvalue weighted by Gasteiger charge is 2.32. The van der Waals surface area contributed by atoms with Gasteiger partial charge in [-0.05, 0) is 48.5 Å². The van der Waals surface area contributed by atoms with Gasteiger partial charge in [0.2, 0.25) is 0 Å². The lowest BCUT2D eigenvalue weighted by Gasteiger charge is -2.05. The molecule has 0 atom stereocenters. The SMILES string of the molecule is O=c1c2cc3c(cc2c2nc4ccc(C(F)(F)F)cc4n12)c(=O)n1c2cc(C(F)(F)F)ccc2nc31. The van der Waals surface area contributed by atoms with E-state index in [1.54, 1.807) is 0 Å². The lowest BCUT2D eigenvalue weighted by atomic mass is 10.1. The summed E-state index contributed by atoms with van der Waals surface area (Å²) in [4.78, 5) is 35.1. The predicted molar refractivity (Wildman–Crippen MR) is 119 cm³/mol. The third-order valence-corrected chi connectivity index (χ3v) is 6.47. The van der Waals surface area contributed by atoms with E-state index in [2.05, 4.69) is 9.97 Å². The standard InChI is InChI=1S/C24H8F6N4O2/c25-23(26,27)9-1-3-15-17(5-9)33-19(31-15)11-7-14-12(8-13(11)21(33)35)20-32-16-4-2-10(24(28,29)30)6-18(16)34(20)22(14)36/h1-8H. The zero-order chi connectivity index (χ0) is 25.3. The van der Waals surface area contributed by atoms with Crippen LogP contribution in [-0.2, 0) is 12.4 Å². The molecule has 0 saturated heterocycles. The van der Waals surface area contributed by atoms with E-state index < -0.39 is 34.6 Å². The van der Waals surface area contributed by atoms with Crippen molar-refractivity contribution in [2.24, 2.45) is 0 Å². The fourth-order valence-corrected chi connectivity index (χ4v) is 4.84. The summed E-state index contributed by atoms with van der Waals surface area (Å²) in [6, 6.07) is 8.49. The Morgan fingerprint density at radius 1 is 0.556 bits per heavy atom. The molecule has 12 heteroatoms. The first-order valence-electron chi connectivity index (χ1n) is 10.4. The molecule has 3 aromatic carbocycles. The molecule has 0 saturated carbocycles. The number of hydrogen-bond acceptors (Lipinski definition) is 4. The maximum atomic E-state index is 13.2. The van der Waals surface area contributed by atoms with E-state index in [1.165, 1.54) is 12.1 Å². The number of nitrogens with zero attached hydrogens (tertiary/aromatic N) is 4. The lowest BCUT2D eigenvalue weighted by molar-refractivity contribution is -0.138. The van der Waals surface area contributed by atoms with Gasteiger partial charge in [-0.1, -0.05) is 0 Å². The molecule has 0 aliphatic carbocycles. The summed E-state index contributed by atoms with van der Waals surface area (Å²) in [6.07, 6.45) is -9.24. The molecule has 178 valence electrons. The van der Waals surface area contributed by atoms with E-state index in [1.807, 2.05) is 0 Å². The van der Waals surface area contributed by atoms with Crippen LogP contribution in [0.2, 0.25) is 0 Å². The Labute approximate surface area is 193 Å². The summed E-state index contributed by atoms with van der Waals surface area (Å²) in [5.41, 5.74) is -2.71. The minimum absolute atomic E-state index is 0.0283. The highest BCUT2D eigenvalue weighted by atomic mass is 19.4. The summed E-state index contributed by atoms with van der Waals surface area (Å²) >= 11 is 0. The molecule has 36 heavy (non-hydrogen) atoms. The van der Waals surface area contributed by atoms with Crippen molar-refractivity contribution in [1.82, 2.24) is 18.8 Å². The Morgan fingerprint density at radius 3 is 1.31 bits per heavy atom. The number of halogens is 6. The van der Waals surface area contributed by atoms with Crippen molar-refractivity contribution in [3.63, 3.8) is 0 Å². The van der Waals surface area contributed by atoms with Crippen LogP contribution >= 0.6 is 0 Å². The van der Waals surface area contributed by atoms with Gasteiger partial charge in [0.1, 0.15) is 11.3 Å². The fourth-order valence-electron chi connectivity index (χ4n) is 4.84. The topological polar surface area (TPSA) is 68.7 Å². The van der Waals surface area contributed by atoms with Gasteiger partial charge in [0.05, 0.1) is 44.0 Å². The highest BCUT2D eigenvalue weighted by Crippen LogP contribution is 2.35. The molecule has 0 fully saturated rings. The Morgan fingerprint density at radius 2 is 0.944 bits per heavy atom. The van der Waals surface area contributed by atoms with Crippen molar-refractivity contribution in [1.29, 1.82) is 0 Å². The number of alkyl halides is 6. The molecular formula is C24H8F6N4O2. The van der Waals surface area contributed by atoms with Crippen LogP contribution in [-0.4, -0.2) is 18.8 Å². The zero-order valence-electron chi connectivity index (χ0n) is 17.5. The van der Waals surface area contributed by atoms with Crippen molar-refractivity contribution in [2.75, 3.05) is 0 Å². The monoisotopic (exact) mass is 498 g/mol. The first-order valence-corrected chi connectivity index (χ1v) is 10.4. The molecule has 7 rings (SSSR count). The molecule has 0 spiro atoms. The third-order valence-electron chi connectivity index (χ3n) is 6.47. The average molecular weight is 498 g/mol. The predicted octanol–water partition coefficient (Wildman–Crippen LogP) is 5.23. The van der Waals surface area contributed by atoms with Gasteiger partial charge in [0, 0.05) is 10.8 Å².